The van der Waals surface area contributed by atoms with Gasteiger partial charge in [-0.1, -0.05) is 49.4 Å². The van der Waals surface area contributed by atoms with Crippen molar-refractivity contribution >= 4 is 12.2 Å². The summed E-state index contributed by atoms with van der Waals surface area (Å²) in [5, 5.41) is 4.82. The molecule has 0 amide bonds. The molecule has 158 valence electrons. The fourth-order valence-corrected chi connectivity index (χ4v) is 3.78. The maximum atomic E-state index is 6.05. The van der Waals surface area contributed by atoms with E-state index < -0.39 is 0 Å². The zero-order valence-electron chi connectivity index (χ0n) is 17.4. The molecule has 0 aliphatic carbocycles. The largest absolute Gasteiger partial charge is 0.486 e. The highest BCUT2D eigenvalue weighted by atomic mass is 32.1. The quantitative estimate of drug-likeness (QED) is 0.513. The zero-order chi connectivity index (χ0) is 20.8. The van der Waals surface area contributed by atoms with Gasteiger partial charge >= 0.3 is 0 Å². The summed E-state index contributed by atoms with van der Waals surface area (Å²) in [5.74, 6) is 1.67. The van der Waals surface area contributed by atoms with Crippen LogP contribution in [-0.4, -0.2) is 45.6 Å². The second-order valence-electron chi connectivity index (χ2n) is 7.43. The first-order chi connectivity index (χ1) is 14.7. The molecule has 0 unspecified atom stereocenters. The Morgan fingerprint density at radius 3 is 2.43 bits per heavy atom. The molecular formula is C23H28N4O2S. The Balaban J connectivity index is 1.55. The Bertz CT molecular complexity index is 992. The lowest BCUT2D eigenvalue weighted by Gasteiger charge is -2.26. The molecule has 0 saturated carbocycles. The van der Waals surface area contributed by atoms with E-state index in [0.717, 1.165) is 44.3 Å². The Morgan fingerprint density at radius 2 is 1.73 bits per heavy atom. The molecule has 1 aliphatic rings. The van der Waals surface area contributed by atoms with E-state index in [4.69, 9.17) is 26.8 Å². The molecular weight excluding hydrogens is 396 g/mol. The smallest absolute Gasteiger partial charge is 0.199 e. The molecule has 0 N–H and O–H groups in total. The van der Waals surface area contributed by atoms with Crippen molar-refractivity contribution in [2.45, 2.75) is 33.2 Å². The van der Waals surface area contributed by atoms with Gasteiger partial charge in [0.15, 0.2) is 10.6 Å². The van der Waals surface area contributed by atoms with Gasteiger partial charge in [0.2, 0.25) is 0 Å². The van der Waals surface area contributed by atoms with Gasteiger partial charge in [-0.3, -0.25) is 9.47 Å². The van der Waals surface area contributed by atoms with Crippen LogP contribution < -0.4 is 4.74 Å². The van der Waals surface area contributed by atoms with E-state index in [1.807, 2.05) is 35.0 Å². The summed E-state index contributed by atoms with van der Waals surface area (Å²) in [6.07, 6.45) is 1.02. The summed E-state index contributed by atoms with van der Waals surface area (Å²) in [6.45, 7) is 7.15. The topological polar surface area (TPSA) is 44.4 Å². The number of benzene rings is 2. The summed E-state index contributed by atoms with van der Waals surface area (Å²) >= 11 is 5.79. The average Bonchev–Trinajstić information content (AvgIpc) is 3.08. The van der Waals surface area contributed by atoms with Crippen LogP contribution in [0.3, 0.4) is 0 Å². The van der Waals surface area contributed by atoms with Crippen LogP contribution in [0.15, 0.2) is 54.6 Å². The fraction of sp³-hybridized carbons (Fsp3) is 0.391. The molecule has 0 bridgehead atoms. The molecule has 1 fully saturated rings. The van der Waals surface area contributed by atoms with Crippen LogP contribution in [0.25, 0.3) is 0 Å². The number of aromatic nitrogens is 3. The summed E-state index contributed by atoms with van der Waals surface area (Å²) in [7, 11) is 0. The van der Waals surface area contributed by atoms with Gasteiger partial charge < -0.3 is 9.47 Å². The first kappa shape index (κ1) is 20.8. The number of nitrogens with zero attached hydrogens (tertiary/aromatic N) is 4. The molecule has 6 nitrogen and oxygen atoms in total. The fourth-order valence-electron chi connectivity index (χ4n) is 3.51. The lowest BCUT2D eigenvalue weighted by molar-refractivity contribution is 0.0208. The van der Waals surface area contributed by atoms with Crippen molar-refractivity contribution in [1.82, 2.24) is 19.2 Å². The minimum absolute atomic E-state index is 0.373. The molecule has 0 radical (unpaired) electrons. The molecule has 2 heterocycles. The van der Waals surface area contributed by atoms with Crippen LogP contribution in [-0.2, 0) is 31.0 Å². The van der Waals surface area contributed by atoms with Crippen molar-refractivity contribution in [3.05, 3.63) is 76.3 Å². The van der Waals surface area contributed by atoms with Crippen LogP contribution in [0, 0.1) is 4.77 Å². The highest BCUT2D eigenvalue weighted by Gasteiger charge is 2.16. The standard InChI is InChI=1S/C23H28N4O2S/c1-2-19-8-10-21(11-9-19)29-17-22-24-27(18-25-12-14-28-15-13-25)23(30)26(22)16-20-6-4-3-5-7-20/h3-11H,2,12-18H2,1H3. The van der Waals surface area contributed by atoms with Crippen molar-refractivity contribution in [3.8, 4) is 5.75 Å². The van der Waals surface area contributed by atoms with Crippen molar-refractivity contribution < 1.29 is 9.47 Å². The maximum Gasteiger partial charge on any atom is 0.199 e. The van der Waals surface area contributed by atoms with Crippen LogP contribution in [0.1, 0.15) is 23.9 Å². The van der Waals surface area contributed by atoms with Crippen molar-refractivity contribution in [3.63, 3.8) is 0 Å². The SMILES string of the molecule is CCc1ccc(OCc2nn(CN3CCOCC3)c(=S)n2Cc2ccccc2)cc1. The van der Waals surface area contributed by atoms with Crippen molar-refractivity contribution in [2.24, 2.45) is 0 Å². The first-order valence-corrected chi connectivity index (χ1v) is 10.9. The third-order valence-corrected chi connectivity index (χ3v) is 5.75. The van der Waals surface area contributed by atoms with Crippen molar-refractivity contribution in [2.75, 3.05) is 26.3 Å². The molecule has 1 saturated heterocycles. The molecule has 1 aliphatic heterocycles. The number of rotatable bonds is 8. The van der Waals surface area contributed by atoms with Gasteiger partial charge in [-0.25, -0.2) is 4.68 Å². The Morgan fingerprint density at radius 1 is 1.00 bits per heavy atom. The monoisotopic (exact) mass is 424 g/mol. The zero-order valence-corrected chi connectivity index (χ0v) is 18.2. The number of ether oxygens (including phenoxy) is 2. The van der Waals surface area contributed by atoms with Crippen molar-refractivity contribution in [1.29, 1.82) is 0 Å². The number of hydrogen-bond acceptors (Lipinski definition) is 5. The van der Waals surface area contributed by atoms with E-state index in [1.165, 1.54) is 11.1 Å². The van der Waals surface area contributed by atoms with E-state index >= 15 is 0 Å². The summed E-state index contributed by atoms with van der Waals surface area (Å²) in [4.78, 5) is 2.31. The number of aryl methyl sites for hydroxylation is 1. The Kier molecular flexibility index (Phi) is 6.94. The Hall–Kier alpha value is -2.48. The third kappa shape index (κ3) is 5.16. The minimum atomic E-state index is 0.373. The first-order valence-electron chi connectivity index (χ1n) is 10.4. The highest BCUT2D eigenvalue weighted by Crippen LogP contribution is 2.16. The van der Waals surface area contributed by atoms with E-state index in [2.05, 4.69) is 40.7 Å². The van der Waals surface area contributed by atoms with E-state index in [0.29, 0.717) is 24.6 Å². The third-order valence-electron chi connectivity index (χ3n) is 5.32. The average molecular weight is 425 g/mol. The van der Waals surface area contributed by atoms with Crippen LogP contribution in [0.2, 0.25) is 0 Å². The van der Waals surface area contributed by atoms with Crippen LogP contribution in [0.5, 0.6) is 5.75 Å². The van der Waals surface area contributed by atoms with E-state index in [9.17, 15) is 0 Å². The van der Waals surface area contributed by atoms with Gasteiger partial charge in [-0.05, 0) is 41.9 Å². The maximum absolute atomic E-state index is 6.05. The lowest BCUT2D eigenvalue weighted by Crippen LogP contribution is -2.37. The second kappa shape index (κ2) is 10.0. The molecule has 1 aromatic heterocycles. The van der Waals surface area contributed by atoms with E-state index in [1.54, 1.807) is 0 Å². The predicted octanol–water partition coefficient (Wildman–Crippen LogP) is 3.89. The van der Waals surface area contributed by atoms with Gasteiger partial charge in [0.05, 0.1) is 26.4 Å². The predicted molar refractivity (Wildman–Crippen MR) is 119 cm³/mol. The van der Waals surface area contributed by atoms with Gasteiger partial charge in [0.1, 0.15) is 12.4 Å². The van der Waals surface area contributed by atoms with E-state index in [-0.39, 0.29) is 0 Å². The van der Waals surface area contributed by atoms with Gasteiger partial charge in [-0.15, -0.1) is 0 Å². The molecule has 0 atom stereocenters. The van der Waals surface area contributed by atoms with Crippen LogP contribution >= 0.6 is 12.2 Å². The normalized spacial score (nSPS) is 14.7. The molecule has 2 aromatic carbocycles. The second-order valence-corrected chi connectivity index (χ2v) is 7.79. The molecule has 0 spiro atoms. The summed E-state index contributed by atoms with van der Waals surface area (Å²) in [6, 6.07) is 18.6. The Labute approximate surface area is 182 Å². The van der Waals surface area contributed by atoms with Gasteiger partial charge in [0.25, 0.3) is 0 Å². The molecule has 3 aromatic rings. The molecule has 7 heteroatoms. The molecule has 30 heavy (non-hydrogen) atoms. The minimum Gasteiger partial charge on any atom is -0.486 e. The summed E-state index contributed by atoms with van der Waals surface area (Å²) in [5.41, 5.74) is 2.48. The van der Waals surface area contributed by atoms with Crippen LogP contribution in [0.4, 0.5) is 0 Å². The highest BCUT2D eigenvalue weighted by molar-refractivity contribution is 7.71. The summed E-state index contributed by atoms with van der Waals surface area (Å²) < 4.78 is 16.2. The van der Waals surface area contributed by atoms with Gasteiger partial charge in [-0.2, -0.15) is 5.10 Å². The molecule has 4 rings (SSSR count). The number of morpholine rings is 1. The van der Waals surface area contributed by atoms with Gasteiger partial charge in [0, 0.05) is 13.1 Å². The lowest BCUT2D eigenvalue weighted by atomic mass is 10.2. The number of hydrogen-bond donors (Lipinski definition) is 0.